The quantitative estimate of drug-likeness (QED) is 0.699. The molecule has 3 heteroatoms. The highest BCUT2D eigenvalue weighted by Crippen LogP contribution is 2.15. The summed E-state index contributed by atoms with van der Waals surface area (Å²) in [4.78, 5) is 5.16. The van der Waals surface area contributed by atoms with Crippen LogP contribution in [0.15, 0.2) is 0 Å². The zero-order valence-corrected chi connectivity index (χ0v) is 12.2. The van der Waals surface area contributed by atoms with Crippen LogP contribution in [0.5, 0.6) is 0 Å². The molecule has 1 aliphatic heterocycles. The summed E-state index contributed by atoms with van der Waals surface area (Å²) in [5.41, 5.74) is 0. The molecular formula is C14H31N3. The molecule has 2 unspecified atom stereocenters. The van der Waals surface area contributed by atoms with Crippen molar-refractivity contribution in [2.24, 2.45) is 0 Å². The van der Waals surface area contributed by atoms with Gasteiger partial charge < -0.3 is 10.2 Å². The molecule has 0 spiro atoms. The molecule has 3 nitrogen and oxygen atoms in total. The molecule has 1 rings (SSSR count). The molecule has 2 atom stereocenters. The maximum atomic E-state index is 3.39. The fraction of sp³-hybridized carbons (Fsp3) is 1.00. The number of nitrogens with one attached hydrogen (secondary N) is 1. The topological polar surface area (TPSA) is 18.5 Å². The van der Waals surface area contributed by atoms with Crippen LogP contribution in [0.4, 0.5) is 0 Å². The van der Waals surface area contributed by atoms with Gasteiger partial charge in [0.2, 0.25) is 0 Å². The summed E-state index contributed by atoms with van der Waals surface area (Å²) in [6.07, 6.45) is 3.99. The van der Waals surface area contributed by atoms with E-state index >= 15 is 0 Å². The van der Waals surface area contributed by atoms with Gasteiger partial charge in [-0.2, -0.15) is 0 Å². The molecule has 0 amide bonds. The lowest BCUT2D eigenvalue weighted by molar-refractivity contribution is 0.222. The predicted molar refractivity (Wildman–Crippen MR) is 75.5 cm³/mol. The van der Waals surface area contributed by atoms with Crippen LogP contribution in [0.2, 0.25) is 0 Å². The first-order valence-corrected chi connectivity index (χ1v) is 7.34. The third kappa shape index (κ3) is 4.94. The minimum atomic E-state index is 0.722. The van der Waals surface area contributed by atoms with Gasteiger partial charge in [0.1, 0.15) is 0 Å². The Bertz CT molecular complexity index is 192. The van der Waals surface area contributed by atoms with E-state index in [-0.39, 0.29) is 0 Å². The molecule has 1 N–H and O–H groups in total. The van der Waals surface area contributed by atoms with E-state index in [1.807, 2.05) is 0 Å². The molecule has 0 aromatic heterocycles. The predicted octanol–water partition coefficient (Wildman–Crippen LogP) is 1.79. The van der Waals surface area contributed by atoms with Crippen LogP contribution in [-0.2, 0) is 0 Å². The molecule has 1 heterocycles. The van der Waals surface area contributed by atoms with Gasteiger partial charge in [0, 0.05) is 25.2 Å². The largest absolute Gasteiger partial charge is 0.316 e. The van der Waals surface area contributed by atoms with Crippen LogP contribution in [0, 0.1) is 0 Å². The summed E-state index contributed by atoms with van der Waals surface area (Å²) in [6, 6.07) is 1.48. The number of hydrogen-bond donors (Lipinski definition) is 1. The number of likely N-dealkylation sites (tertiary alicyclic amines) is 1. The summed E-state index contributed by atoms with van der Waals surface area (Å²) in [5.74, 6) is 0. The third-order valence-corrected chi connectivity index (χ3v) is 4.24. The van der Waals surface area contributed by atoms with E-state index in [0.29, 0.717) is 0 Å². The monoisotopic (exact) mass is 241 g/mol. The minimum Gasteiger partial charge on any atom is -0.316 e. The SMILES string of the molecule is CCN(CC)CCCC(C)N1CCC(NC)C1. The molecule has 1 fully saturated rings. The maximum Gasteiger partial charge on any atom is 0.0204 e. The number of rotatable bonds is 8. The zero-order chi connectivity index (χ0) is 12.7. The molecule has 1 aliphatic rings. The Morgan fingerprint density at radius 3 is 2.59 bits per heavy atom. The van der Waals surface area contributed by atoms with Gasteiger partial charge in [-0.05, 0) is 52.9 Å². The van der Waals surface area contributed by atoms with E-state index in [2.05, 4.69) is 42.9 Å². The minimum absolute atomic E-state index is 0.722. The first-order chi connectivity index (χ1) is 8.21. The van der Waals surface area contributed by atoms with Crippen molar-refractivity contribution in [3.8, 4) is 0 Å². The van der Waals surface area contributed by atoms with Crippen LogP contribution in [0.1, 0.15) is 40.0 Å². The van der Waals surface area contributed by atoms with Crippen LogP contribution in [0.3, 0.4) is 0 Å². The lowest BCUT2D eigenvalue weighted by Crippen LogP contribution is -2.35. The average Bonchev–Trinajstić information content (AvgIpc) is 2.83. The Morgan fingerprint density at radius 1 is 1.35 bits per heavy atom. The van der Waals surface area contributed by atoms with Crippen molar-refractivity contribution in [3.05, 3.63) is 0 Å². The number of nitrogens with zero attached hydrogens (tertiary/aromatic N) is 2. The van der Waals surface area contributed by atoms with Gasteiger partial charge in [0.15, 0.2) is 0 Å². The van der Waals surface area contributed by atoms with Gasteiger partial charge >= 0.3 is 0 Å². The Balaban J connectivity index is 2.15. The Morgan fingerprint density at radius 2 is 2.06 bits per heavy atom. The van der Waals surface area contributed by atoms with Crippen molar-refractivity contribution in [1.29, 1.82) is 0 Å². The smallest absolute Gasteiger partial charge is 0.0204 e. The molecule has 102 valence electrons. The number of likely N-dealkylation sites (N-methyl/N-ethyl adjacent to an activating group) is 1. The zero-order valence-electron chi connectivity index (χ0n) is 12.2. The highest BCUT2D eigenvalue weighted by atomic mass is 15.2. The summed E-state index contributed by atoms with van der Waals surface area (Å²) in [7, 11) is 2.08. The average molecular weight is 241 g/mol. The maximum absolute atomic E-state index is 3.39. The fourth-order valence-corrected chi connectivity index (χ4v) is 2.76. The van der Waals surface area contributed by atoms with E-state index in [9.17, 15) is 0 Å². The van der Waals surface area contributed by atoms with E-state index in [1.54, 1.807) is 0 Å². The van der Waals surface area contributed by atoms with E-state index in [4.69, 9.17) is 0 Å². The van der Waals surface area contributed by atoms with Gasteiger partial charge in [-0.1, -0.05) is 13.8 Å². The van der Waals surface area contributed by atoms with Crippen LogP contribution < -0.4 is 5.32 Å². The number of hydrogen-bond acceptors (Lipinski definition) is 3. The van der Waals surface area contributed by atoms with Gasteiger partial charge in [-0.3, -0.25) is 4.90 Å². The van der Waals surface area contributed by atoms with Gasteiger partial charge in [-0.15, -0.1) is 0 Å². The standard InChI is InChI=1S/C14H31N3/c1-5-16(6-2)10-7-8-13(3)17-11-9-14(12-17)15-4/h13-15H,5-12H2,1-4H3. The Hall–Kier alpha value is -0.120. The molecule has 0 aliphatic carbocycles. The lowest BCUT2D eigenvalue weighted by atomic mass is 10.1. The van der Waals surface area contributed by atoms with Gasteiger partial charge in [0.05, 0.1) is 0 Å². The molecule has 0 aromatic rings. The van der Waals surface area contributed by atoms with Crippen LogP contribution in [0.25, 0.3) is 0 Å². The van der Waals surface area contributed by atoms with Crippen molar-refractivity contribution >= 4 is 0 Å². The molecule has 17 heavy (non-hydrogen) atoms. The summed E-state index contributed by atoms with van der Waals surface area (Å²) < 4.78 is 0. The second-order valence-corrected chi connectivity index (χ2v) is 5.29. The van der Waals surface area contributed by atoms with Gasteiger partial charge in [0.25, 0.3) is 0 Å². The third-order valence-electron chi connectivity index (χ3n) is 4.24. The molecule has 0 bridgehead atoms. The molecule has 1 saturated heterocycles. The van der Waals surface area contributed by atoms with Crippen molar-refractivity contribution in [2.75, 3.05) is 39.8 Å². The summed E-state index contributed by atoms with van der Waals surface area (Å²) in [6.45, 7) is 13.1. The van der Waals surface area contributed by atoms with E-state index in [1.165, 1.54) is 52.0 Å². The van der Waals surface area contributed by atoms with Crippen molar-refractivity contribution in [1.82, 2.24) is 15.1 Å². The molecule has 0 radical (unpaired) electrons. The lowest BCUT2D eigenvalue weighted by Gasteiger charge is -2.25. The first-order valence-electron chi connectivity index (χ1n) is 7.34. The highest BCUT2D eigenvalue weighted by Gasteiger charge is 2.24. The second-order valence-electron chi connectivity index (χ2n) is 5.29. The Labute approximate surface area is 108 Å². The van der Waals surface area contributed by atoms with E-state index in [0.717, 1.165) is 12.1 Å². The van der Waals surface area contributed by atoms with Crippen LogP contribution >= 0.6 is 0 Å². The van der Waals surface area contributed by atoms with Gasteiger partial charge in [-0.25, -0.2) is 0 Å². The van der Waals surface area contributed by atoms with Crippen molar-refractivity contribution in [3.63, 3.8) is 0 Å². The van der Waals surface area contributed by atoms with Crippen molar-refractivity contribution < 1.29 is 0 Å². The second kappa shape index (κ2) is 8.06. The van der Waals surface area contributed by atoms with Crippen molar-refractivity contribution in [2.45, 2.75) is 52.1 Å². The Kier molecular flexibility index (Phi) is 7.09. The van der Waals surface area contributed by atoms with E-state index < -0.39 is 0 Å². The highest BCUT2D eigenvalue weighted by molar-refractivity contribution is 4.83. The summed E-state index contributed by atoms with van der Waals surface area (Å²) in [5, 5.41) is 3.39. The first kappa shape index (κ1) is 14.9. The molecular weight excluding hydrogens is 210 g/mol. The van der Waals surface area contributed by atoms with Crippen LogP contribution in [-0.4, -0.2) is 61.7 Å². The molecule has 0 aromatic carbocycles. The molecule has 0 saturated carbocycles. The summed E-state index contributed by atoms with van der Waals surface area (Å²) >= 11 is 0. The fourth-order valence-electron chi connectivity index (χ4n) is 2.76. The normalized spacial score (nSPS) is 23.5.